The maximum atomic E-state index is 12.0. The molecule has 1 aromatic carbocycles. The fraction of sp³-hybridized carbons (Fsp3) is 0.632. The van der Waals surface area contributed by atoms with Crippen molar-refractivity contribution in [3.8, 4) is 11.5 Å². The van der Waals surface area contributed by atoms with Crippen LogP contribution in [0.25, 0.3) is 0 Å². The number of carbonyl (C=O) groups excluding carboxylic acids is 1. The van der Waals surface area contributed by atoms with Crippen molar-refractivity contribution in [2.75, 3.05) is 46.9 Å². The third-order valence-electron chi connectivity index (χ3n) is 5.24. The minimum Gasteiger partial charge on any atom is -0.493 e. The molecule has 0 bridgehead atoms. The summed E-state index contributed by atoms with van der Waals surface area (Å²) >= 11 is 0. The van der Waals surface area contributed by atoms with Gasteiger partial charge in [0.25, 0.3) is 5.91 Å². The number of quaternary nitrogens is 2. The molecule has 1 fully saturated rings. The van der Waals surface area contributed by atoms with Gasteiger partial charge < -0.3 is 24.6 Å². The van der Waals surface area contributed by atoms with Crippen molar-refractivity contribution < 1.29 is 24.1 Å². The lowest BCUT2D eigenvalue weighted by atomic mass is 10.1. The Kier molecular flexibility index (Phi) is 7.08. The van der Waals surface area contributed by atoms with E-state index in [4.69, 9.17) is 9.47 Å². The number of amides is 1. The molecule has 1 amide bonds. The summed E-state index contributed by atoms with van der Waals surface area (Å²) in [5, 5.41) is 2.93. The first-order chi connectivity index (χ1) is 12.0. The zero-order valence-corrected chi connectivity index (χ0v) is 16.2. The quantitative estimate of drug-likeness (QED) is 0.580. The van der Waals surface area contributed by atoms with Crippen LogP contribution in [0.2, 0.25) is 0 Å². The van der Waals surface area contributed by atoms with Gasteiger partial charge in [0, 0.05) is 12.1 Å². The number of hydrogen-bond acceptors (Lipinski definition) is 3. The topological polar surface area (TPSA) is 56.4 Å². The van der Waals surface area contributed by atoms with Gasteiger partial charge in [0.1, 0.15) is 32.7 Å². The number of carbonyl (C=O) groups is 1. The summed E-state index contributed by atoms with van der Waals surface area (Å²) in [5.74, 6) is 1.73. The van der Waals surface area contributed by atoms with E-state index >= 15 is 0 Å². The molecule has 3 N–H and O–H groups in total. The number of hydrogen-bond donors (Lipinski definition) is 3. The van der Waals surface area contributed by atoms with E-state index in [-0.39, 0.29) is 11.9 Å². The van der Waals surface area contributed by atoms with Gasteiger partial charge in [-0.15, -0.1) is 0 Å². The third kappa shape index (κ3) is 4.86. The second-order valence-electron chi connectivity index (χ2n) is 6.83. The van der Waals surface area contributed by atoms with Crippen molar-refractivity contribution in [3.05, 3.63) is 23.3 Å². The van der Waals surface area contributed by atoms with Crippen LogP contribution in [0.1, 0.15) is 25.0 Å². The molecule has 1 aliphatic heterocycles. The van der Waals surface area contributed by atoms with Crippen LogP contribution in [0, 0.1) is 6.92 Å². The van der Waals surface area contributed by atoms with E-state index in [1.807, 2.05) is 19.9 Å². The zero-order valence-electron chi connectivity index (χ0n) is 16.2. The molecule has 6 heteroatoms. The average molecular weight is 351 g/mol. The summed E-state index contributed by atoms with van der Waals surface area (Å²) < 4.78 is 10.8. The molecule has 1 atom stereocenters. The van der Waals surface area contributed by atoms with Crippen LogP contribution >= 0.6 is 0 Å². The number of piperazine rings is 1. The summed E-state index contributed by atoms with van der Waals surface area (Å²) in [6.45, 7) is 12.0. The van der Waals surface area contributed by atoms with Gasteiger partial charge in [0.2, 0.25) is 0 Å². The molecule has 25 heavy (non-hydrogen) atoms. The van der Waals surface area contributed by atoms with E-state index in [0.717, 1.165) is 44.2 Å². The molecule has 6 nitrogen and oxygen atoms in total. The lowest BCUT2D eigenvalue weighted by Gasteiger charge is -2.32. The number of ether oxygens (including phenoxy) is 2. The summed E-state index contributed by atoms with van der Waals surface area (Å²) in [5.41, 5.74) is 2.53. The Bertz CT molecular complexity index is 584. The van der Waals surface area contributed by atoms with Gasteiger partial charge in [-0.3, -0.25) is 4.79 Å². The van der Waals surface area contributed by atoms with Gasteiger partial charge in [-0.2, -0.15) is 0 Å². The molecule has 0 spiro atoms. The number of nitrogens with one attached hydrogen (secondary N) is 3. The zero-order chi connectivity index (χ0) is 18.4. The van der Waals surface area contributed by atoms with Crippen molar-refractivity contribution in [2.45, 2.75) is 33.4 Å². The summed E-state index contributed by atoms with van der Waals surface area (Å²) in [7, 11) is 3.34. The van der Waals surface area contributed by atoms with Crippen LogP contribution in [-0.2, 0) is 11.3 Å². The Balaban J connectivity index is 1.95. The van der Waals surface area contributed by atoms with E-state index in [1.54, 1.807) is 19.1 Å². The molecule has 1 saturated heterocycles. The average Bonchev–Trinajstić information content (AvgIpc) is 2.63. The van der Waals surface area contributed by atoms with Gasteiger partial charge in [-0.1, -0.05) is 0 Å². The van der Waals surface area contributed by atoms with Crippen molar-refractivity contribution in [3.63, 3.8) is 0 Å². The van der Waals surface area contributed by atoms with Crippen LogP contribution in [0.15, 0.2) is 12.1 Å². The molecule has 0 aromatic heterocycles. The maximum absolute atomic E-state index is 12.0. The van der Waals surface area contributed by atoms with Gasteiger partial charge in [0.15, 0.2) is 17.5 Å². The minimum atomic E-state index is 0.0318. The van der Waals surface area contributed by atoms with E-state index < -0.39 is 0 Å². The molecule has 1 aliphatic rings. The van der Waals surface area contributed by atoms with Crippen molar-refractivity contribution in [1.82, 2.24) is 5.32 Å². The lowest BCUT2D eigenvalue weighted by molar-refractivity contribution is -1.02. The highest BCUT2D eigenvalue weighted by molar-refractivity contribution is 5.79. The van der Waals surface area contributed by atoms with E-state index in [9.17, 15) is 4.79 Å². The fourth-order valence-electron chi connectivity index (χ4n) is 3.53. The van der Waals surface area contributed by atoms with Gasteiger partial charge in [0.05, 0.1) is 14.2 Å². The number of benzene rings is 1. The largest absolute Gasteiger partial charge is 0.493 e. The van der Waals surface area contributed by atoms with E-state index in [1.165, 1.54) is 16.0 Å². The second-order valence-corrected chi connectivity index (χ2v) is 6.83. The molecule has 0 unspecified atom stereocenters. The SMILES string of the molecule is CCNC(=O)[C@@H](C)[NH+]1CC[NH+](Cc2cc(OC)c(OC)cc2C)CC1. The molecule has 0 radical (unpaired) electrons. The predicted molar refractivity (Wildman–Crippen MR) is 97.5 cm³/mol. The molecular formula is C19H33N3O3+2. The van der Waals surface area contributed by atoms with Gasteiger partial charge in [-0.05, 0) is 38.5 Å². The minimum absolute atomic E-state index is 0.0318. The monoisotopic (exact) mass is 351 g/mol. The highest BCUT2D eigenvalue weighted by Crippen LogP contribution is 2.29. The molecule has 1 aromatic rings. The number of rotatable bonds is 7. The Morgan fingerprint density at radius 1 is 1.16 bits per heavy atom. The van der Waals surface area contributed by atoms with E-state index in [2.05, 4.69) is 18.3 Å². The Morgan fingerprint density at radius 2 is 1.76 bits per heavy atom. The smallest absolute Gasteiger partial charge is 0.278 e. The second kappa shape index (κ2) is 9.06. The Hall–Kier alpha value is -1.79. The normalized spacial score (nSPS) is 21.5. The maximum Gasteiger partial charge on any atom is 0.278 e. The van der Waals surface area contributed by atoms with Gasteiger partial charge in [-0.25, -0.2) is 0 Å². The van der Waals surface area contributed by atoms with Crippen LogP contribution < -0.4 is 24.6 Å². The highest BCUT2D eigenvalue weighted by atomic mass is 16.5. The summed E-state index contributed by atoms with van der Waals surface area (Å²) in [6, 6.07) is 4.17. The summed E-state index contributed by atoms with van der Waals surface area (Å²) in [4.78, 5) is 15.0. The summed E-state index contributed by atoms with van der Waals surface area (Å²) in [6.07, 6.45) is 0. The Labute approximate surface area is 151 Å². The predicted octanol–water partition coefficient (Wildman–Crippen LogP) is -1.18. The first-order valence-electron chi connectivity index (χ1n) is 9.17. The molecule has 1 heterocycles. The number of aryl methyl sites for hydroxylation is 1. The van der Waals surface area contributed by atoms with Crippen LogP contribution in [-0.4, -0.2) is 58.9 Å². The molecule has 0 saturated carbocycles. The molecule has 140 valence electrons. The van der Waals surface area contributed by atoms with Crippen molar-refractivity contribution >= 4 is 5.91 Å². The van der Waals surface area contributed by atoms with Crippen molar-refractivity contribution in [1.29, 1.82) is 0 Å². The molecular weight excluding hydrogens is 318 g/mol. The number of likely N-dealkylation sites (N-methyl/N-ethyl adjacent to an activating group) is 1. The first-order valence-corrected chi connectivity index (χ1v) is 9.17. The van der Waals surface area contributed by atoms with Crippen molar-refractivity contribution in [2.24, 2.45) is 0 Å². The standard InChI is InChI=1S/C19H31N3O3/c1-6-20-19(23)15(3)22-9-7-21(8-10-22)13-16-12-18(25-5)17(24-4)11-14(16)2/h11-12,15H,6-10,13H2,1-5H3,(H,20,23)/p+2/t15-/m1/s1. The lowest BCUT2D eigenvalue weighted by Crippen LogP contribution is -3.29. The van der Waals surface area contributed by atoms with E-state index in [0.29, 0.717) is 6.54 Å². The van der Waals surface area contributed by atoms with Crippen LogP contribution in [0.3, 0.4) is 0 Å². The third-order valence-corrected chi connectivity index (χ3v) is 5.24. The Morgan fingerprint density at radius 3 is 2.32 bits per heavy atom. The van der Waals surface area contributed by atoms with Crippen LogP contribution in [0.4, 0.5) is 0 Å². The number of methoxy groups -OCH3 is 2. The highest BCUT2D eigenvalue weighted by Gasteiger charge is 2.31. The fourth-order valence-corrected chi connectivity index (χ4v) is 3.53. The first kappa shape index (κ1) is 19.5. The molecule has 2 rings (SSSR count). The van der Waals surface area contributed by atoms with Crippen LogP contribution in [0.5, 0.6) is 11.5 Å². The molecule has 0 aliphatic carbocycles. The van der Waals surface area contributed by atoms with Gasteiger partial charge >= 0.3 is 0 Å².